The van der Waals surface area contributed by atoms with E-state index < -0.39 is 20.0 Å². The number of benzene rings is 3. The van der Waals surface area contributed by atoms with Gasteiger partial charge in [-0.2, -0.15) is 4.31 Å². The van der Waals surface area contributed by atoms with Crippen molar-refractivity contribution in [2.24, 2.45) is 0 Å². The van der Waals surface area contributed by atoms with Crippen molar-refractivity contribution in [2.75, 3.05) is 11.3 Å². The molecule has 0 aromatic heterocycles. The Morgan fingerprint density at radius 3 is 2.23 bits per heavy atom. The molecule has 3 aromatic carbocycles. The van der Waals surface area contributed by atoms with Gasteiger partial charge in [-0.15, -0.1) is 0 Å². The molecule has 1 aliphatic rings. The van der Waals surface area contributed by atoms with Gasteiger partial charge in [-0.05, 0) is 73.4 Å². The first-order valence-corrected chi connectivity index (χ1v) is 12.9. The molecule has 0 bridgehead atoms. The van der Waals surface area contributed by atoms with E-state index >= 15 is 0 Å². The minimum Gasteiger partial charge on any atom is -0.280 e. The number of hydrogen-bond donors (Lipinski definition) is 1. The van der Waals surface area contributed by atoms with Gasteiger partial charge in [-0.1, -0.05) is 35.9 Å². The van der Waals surface area contributed by atoms with E-state index in [1.807, 2.05) is 26.0 Å². The van der Waals surface area contributed by atoms with Crippen LogP contribution >= 0.6 is 0 Å². The number of hydrogen-bond acceptors (Lipinski definition) is 4. The van der Waals surface area contributed by atoms with Crippen molar-refractivity contribution >= 4 is 25.7 Å². The zero-order valence-corrected chi connectivity index (χ0v) is 19.0. The van der Waals surface area contributed by atoms with Crippen molar-refractivity contribution in [1.29, 1.82) is 0 Å². The summed E-state index contributed by atoms with van der Waals surface area (Å²) >= 11 is 0. The lowest BCUT2D eigenvalue weighted by Gasteiger charge is -2.28. The van der Waals surface area contributed by atoms with Crippen LogP contribution in [0.25, 0.3) is 0 Å². The monoisotopic (exact) mass is 456 g/mol. The van der Waals surface area contributed by atoms with Crippen LogP contribution in [0.1, 0.15) is 22.3 Å². The van der Waals surface area contributed by atoms with E-state index in [4.69, 9.17) is 0 Å². The van der Waals surface area contributed by atoms with E-state index in [0.717, 1.165) is 22.3 Å². The zero-order valence-electron chi connectivity index (χ0n) is 17.4. The molecule has 3 aromatic rings. The van der Waals surface area contributed by atoms with Crippen LogP contribution in [0.3, 0.4) is 0 Å². The molecule has 0 atom stereocenters. The normalized spacial score (nSPS) is 14.8. The van der Waals surface area contributed by atoms with Crippen molar-refractivity contribution in [3.63, 3.8) is 0 Å². The van der Waals surface area contributed by atoms with Gasteiger partial charge in [0.05, 0.1) is 9.79 Å². The molecule has 0 radical (unpaired) electrons. The first-order chi connectivity index (χ1) is 14.6. The maximum atomic E-state index is 13.1. The summed E-state index contributed by atoms with van der Waals surface area (Å²) in [6.45, 7) is 4.33. The Bertz CT molecular complexity index is 1330. The molecule has 0 aliphatic carbocycles. The second kappa shape index (κ2) is 8.11. The Balaban J connectivity index is 1.59. The van der Waals surface area contributed by atoms with E-state index in [9.17, 15) is 16.8 Å². The summed E-state index contributed by atoms with van der Waals surface area (Å²) in [6, 6.07) is 18.8. The molecule has 8 heteroatoms. The highest BCUT2D eigenvalue weighted by atomic mass is 32.2. The third-order valence-corrected chi connectivity index (χ3v) is 8.63. The number of fused-ring (bicyclic) bond motifs is 1. The molecule has 0 amide bonds. The van der Waals surface area contributed by atoms with Gasteiger partial charge in [-0.25, -0.2) is 16.8 Å². The highest BCUT2D eigenvalue weighted by molar-refractivity contribution is 7.92. The van der Waals surface area contributed by atoms with Gasteiger partial charge in [0, 0.05) is 18.8 Å². The van der Waals surface area contributed by atoms with Crippen LogP contribution in [-0.4, -0.2) is 27.7 Å². The molecule has 0 saturated carbocycles. The summed E-state index contributed by atoms with van der Waals surface area (Å²) in [5.74, 6) is 0. The summed E-state index contributed by atoms with van der Waals surface area (Å²) in [5.41, 5.74) is 4.08. The van der Waals surface area contributed by atoms with Gasteiger partial charge >= 0.3 is 0 Å². The van der Waals surface area contributed by atoms with Crippen molar-refractivity contribution < 1.29 is 16.8 Å². The molecule has 0 spiro atoms. The Kier molecular flexibility index (Phi) is 5.63. The first kappa shape index (κ1) is 21.5. The third-order valence-electron chi connectivity index (χ3n) is 5.39. The molecule has 31 heavy (non-hydrogen) atoms. The lowest BCUT2D eigenvalue weighted by Crippen LogP contribution is -2.36. The van der Waals surface area contributed by atoms with Crippen molar-refractivity contribution in [3.05, 3.63) is 89.0 Å². The second-order valence-electron chi connectivity index (χ2n) is 7.81. The van der Waals surface area contributed by atoms with Crippen LogP contribution in [0.4, 0.5) is 5.69 Å². The van der Waals surface area contributed by atoms with Crippen LogP contribution in [0.2, 0.25) is 0 Å². The van der Waals surface area contributed by atoms with Crippen LogP contribution in [0.15, 0.2) is 76.5 Å². The predicted octanol–water partition coefficient (Wildman–Crippen LogP) is 3.85. The van der Waals surface area contributed by atoms with E-state index in [0.29, 0.717) is 18.7 Å². The van der Waals surface area contributed by atoms with E-state index in [1.54, 1.807) is 54.6 Å². The molecule has 1 aliphatic heterocycles. The number of sulfonamides is 2. The molecule has 0 saturated heterocycles. The van der Waals surface area contributed by atoms with Crippen LogP contribution in [0, 0.1) is 13.8 Å². The number of nitrogens with zero attached hydrogens (tertiary/aromatic N) is 1. The lowest BCUT2D eigenvalue weighted by molar-refractivity contribution is 0.391. The minimum absolute atomic E-state index is 0.189. The van der Waals surface area contributed by atoms with Crippen LogP contribution in [0.5, 0.6) is 0 Å². The standard InChI is InChI=1S/C23H24N2O4S2/c1-17-6-10-22(11-7-17)31(28,29)25-13-12-19-8-9-21(15-20(19)16-25)24-30(26,27)23-5-3-4-18(2)14-23/h3-11,14-15,24H,12-13,16H2,1-2H3. The molecule has 1 heterocycles. The summed E-state index contributed by atoms with van der Waals surface area (Å²) < 4.78 is 55.6. The summed E-state index contributed by atoms with van der Waals surface area (Å²) in [5, 5.41) is 0. The largest absolute Gasteiger partial charge is 0.280 e. The number of rotatable bonds is 5. The van der Waals surface area contributed by atoms with E-state index in [-0.39, 0.29) is 16.3 Å². The van der Waals surface area contributed by atoms with Crippen molar-refractivity contribution in [1.82, 2.24) is 4.31 Å². The summed E-state index contributed by atoms with van der Waals surface area (Å²) in [6.07, 6.45) is 0.575. The van der Waals surface area contributed by atoms with Gasteiger partial charge in [0.25, 0.3) is 10.0 Å². The number of anilines is 1. The fourth-order valence-electron chi connectivity index (χ4n) is 3.66. The maximum absolute atomic E-state index is 13.1. The second-order valence-corrected chi connectivity index (χ2v) is 11.4. The van der Waals surface area contributed by atoms with Gasteiger partial charge in [0.15, 0.2) is 0 Å². The third kappa shape index (κ3) is 4.51. The number of nitrogens with one attached hydrogen (secondary N) is 1. The molecular weight excluding hydrogens is 432 g/mol. The van der Waals surface area contributed by atoms with Gasteiger partial charge in [0.1, 0.15) is 0 Å². The molecule has 0 unspecified atom stereocenters. The van der Waals surface area contributed by atoms with Gasteiger partial charge in [-0.3, -0.25) is 4.72 Å². The van der Waals surface area contributed by atoms with Crippen molar-refractivity contribution in [2.45, 2.75) is 36.6 Å². The molecule has 0 fully saturated rings. The first-order valence-electron chi connectivity index (χ1n) is 9.93. The Labute approximate surface area is 183 Å². The molecular formula is C23H24N2O4S2. The zero-order chi connectivity index (χ0) is 22.2. The number of aryl methyl sites for hydroxylation is 2. The van der Waals surface area contributed by atoms with Gasteiger partial charge in [0.2, 0.25) is 10.0 Å². The van der Waals surface area contributed by atoms with Crippen LogP contribution in [-0.2, 0) is 33.0 Å². The predicted molar refractivity (Wildman–Crippen MR) is 121 cm³/mol. The molecule has 6 nitrogen and oxygen atoms in total. The summed E-state index contributed by atoms with van der Waals surface area (Å²) in [7, 11) is -7.36. The van der Waals surface area contributed by atoms with Gasteiger partial charge < -0.3 is 0 Å². The quantitative estimate of drug-likeness (QED) is 0.632. The average molecular weight is 457 g/mol. The Morgan fingerprint density at radius 2 is 1.52 bits per heavy atom. The van der Waals surface area contributed by atoms with Crippen molar-refractivity contribution in [3.8, 4) is 0 Å². The van der Waals surface area contributed by atoms with E-state index in [2.05, 4.69) is 4.72 Å². The fraction of sp³-hybridized carbons (Fsp3) is 0.217. The minimum atomic E-state index is -3.73. The molecule has 1 N–H and O–H groups in total. The SMILES string of the molecule is Cc1ccc(S(=O)(=O)N2CCc3ccc(NS(=O)(=O)c4cccc(C)c4)cc3C2)cc1. The van der Waals surface area contributed by atoms with Crippen LogP contribution < -0.4 is 4.72 Å². The highest BCUT2D eigenvalue weighted by Gasteiger charge is 2.28. The maximum Gasteiger partial charge on any atom is 0.261 e. The Morgan fingerprint density at radius 1 is 0.774 bits per heavy atom. The average Bonchev–Trinajstić information content (AvgIpc) is 2.73. The molecule has 4 rings (SSSR count). The lowest BCUT2D eigenvalue weighted by atomic mass is 10.0. The summed E-state index contributed by atoms with van der Waals surface area (Å²) in [4.78, 5) is 0.451. The fourth-order valence-corrected chi connectivity index (χ4v) is 6.23. The van der Waals surface area contributed by atoms with E-state index in [1.165, 1.54) is 4.31 Å². The topological polar surface area (TPSA) is 83.6 Å². The Hall–Kier alpha value is -2.68. The highest BCUT2D eigenvalue weighted by Crippen LogP contribution is 2.28. The molecule has 162 valence electrons. The smallest absolute Gasteiger partial charge is 0.261 e.